The Morgan fingerprint density at radius 1 is 0.727 bits per heavy atom. The molecular weight excluding hydrogens is 693 g/mol. The second-order valence-electron chi connectivity index (χ2n) is 15.3. The molecule has 3 aliphatic rings. The van der Waals surface area contributed by atoms with Crippen LogP contribution in [0.3, 0.4) is 0 Å². The summed E-state index contributed by atoms with van der Waals surface area (Å²) in [4.78, 5) is 61.6. The van der Waals surface area contributed by atoms with Crippen molar-refractivity contribution >= 4 is 17.9 Å². The van der Waals surface area contributed by atoms with Crippen molar-refractivity contribution in [2.75, 3.05) is 27.2 Å². The van der Waals surface area contributed by atoms with Gasteiger partial charge in [-0.15, -0.1) is 0 Å². The van der Waals surface area contributed by atoms with Crippen LogP contribution in [0.15, 0.2) is 91.3 Å². The van der Waals surface area contributed by atoms with Crippen molar-refractivity contribution in [3.05, 3.63) is 108 Å². The average Bonchev–Trinajstić information content (AvgIpc) is 4.04. The molecule has 55 heavy (non-hydrogen) atoms. The number of likely N-dealkylation sites (tertiary alicyclic amines) is 2. The summed E-state index contributed by atoms with van der Waals surface area (Å²) in [5.41, 5.74) is 11.2. The molecule has 2 aliphatic heterocycles. The Balaban J connectivity index is 0.929. The lowest BCUT2D eigenvalue weighted by Crippen LogP contribution is -2.50. The van der Waals surface area contributed by atoms with Gasteiger partial charge in [-0.1, -0.05) is 78.9 Å². The fourth-order valence-corrected chi connectivity index (χ4v) is 8.81. The molecule has 0 spiro atoms. The van der Waals surface area contributed by atoms with Gasteiger partial charge in [-0.3, -0.25) is 14.5 Å². The molecule has 2 aromatic heterocycles. The zero-order chi connectivity index (χ0) is 38.1. The molecule has 0 bridgehead atoms. The van der Waals surface area contributed by atoms with E-state index in [9.17, 15) is 14.4 Å². The van der Waals surface area contributed by atoms with Gasteiger partial charge in [0.2, 0.25) is 5.91 Å². The normalized spacial score (nSPS) is 19.9. The summed E-state index contributed by atoms with van der Waals surface area (Å²) < 4.78 is 5.46. The predicted octanol–water partition coefficient (Wildman–Crippen LogP) is 7.17. The highest BCUT2D eigenvalue weighted by atomic mass is 16.6. The van der Waals surface area contributed by atoms with Gasteiger partial charge < -0.3 is 30.2 Å². The van der Waals surface area contributed by atoms with Crippen molar-refractivity contribution in [3.8, 4) is 33.6 Å². The fraction of sp³-hybridized carbons (Fsp3) is 0.372. The Morgan fingerprint density at radius 3 is 1.73 bits per heavy atom. The minimum Gasteiger partial charge on any atom is -0.433 e. The smallest absolute Gasteiger partial charge is 0.405 e. The lowest BCUT2D eigenvalue weighted by Gasteiger charge is -2.33. The highest BCUT2D eigenvalue weighted by molar-refractivity contribution is 5.88. The summed E-state index contributed by atoms with van der Waals surface area (Å²) in [5.74, 6) is 1.47. The molecule has 3 fully saturated rings. The third kappa shape index (κ3) is 7.14. The van der Waals surface area contributed by atoms with Crippen LogP contribution in [0, 0.1) is 0 Å². The van der Waals surface area contributed by atoms with E-state index in [1.54, 1.807) is 0 Å². The molecule has 284 valence electrons. The molecule has 3 amide bonds. The van der Waals surface area contributed by atoms with E-state index in [0.717, 1.165) is 89.4 Å². The maximum atomic E-state index is 13.9. The Labute approximate surface area is 321 Å². The minimum absolute atomic E-state index is 0.0948. The first kappa shape index (κ1) is 36.2. The molecule has 5 aromatic rings. The first-order valence-electron chi connectivity index (χ1n) is 19.3. The summed E-state index contributed by atoms with van der Waals surface area (Å²) in [7, 11) is 3.90. The number of hydrogen-bond donors (Lipinski definition) is 3. The van der Waals surface area contributed by atoms with Crippen LogP contribution < -0.4 is 5.73 Å². The van der Waals surface area contributed by atoms with Crippen LogP contribution >= 0.6 is 0 Å². The van der Waals surface area contributed by atoms with Crippen molar-refractivity contribution < 1.29 is 19.1 Å². The number of H-pyrrole nitrogens is 2. The number of imidazole rings is 2. The van der Waals surface area contributed by atoms with Gasteiger partial charge in [-0.05, 0) is 93.3 Å². The number of primary amides is 1. The number of benzene rings is 3. The summed E-state index contributed by atoms with van der Waals surface area (Å²) in [6, 6.07) is 26.0. The maximum Gasteiger partial charge on any atom is 0.405 e. The quantitative estimate of drug-likeness (QED) is 0.137. The van der Waals surface area contributed by atoms with Crippen molar-refractivity contribution in [2.24, 2.45) is 5.73 Å². The van der Waals surface area contributed by atoms with E-state index in [2.05, 4.69) is 58.5 Å². The lowest BCUT2D eigenvalue weighted by atomic mass is 9.99. The van der Waals surface area contributed by atoms with E-state index < -0.39 is 11.7 Å². The molecule has 1 saturated carbocycles. The number of likely N-dealkylation sites (N-methyl/N-ethyl adjacent to an activating group) is 1. The van der Waals surface area contributed by atoms with Crippen molar-refractivity contribution in [2.45, 2.75) is 75.1 Å². The molecule has 3 aromatic carbocycles. The summed E-state index contributed by atoms with van der Waals surface area (Å²) >= 11 is 0. The number of nitrogens with zero attached hydrogens (tertiary/aromatic N) is 5. The van der Waals surface area contributed by atoms with Gasteiger partial charge in [0.15, 0.2) is 5.60 Å². The van der Waals surface area contributed by atoms with Crippen molar-refractivity contribution in [3.63, 3.8) is 0 Å². The van der Waals surface area contributed by atoms with Crippen LogP contribution in [0.25, 0.3) is 33.6 Å². The van der Waals surface area contributed by atoms with Crippen LogP contribution in [-0.4, -0.2) is 85.3 Å². The molecule has 4 N–H and O–H groups in total. The molecule has 0 unspecified atom stereocenters. The van der Waals surface area contributed by atoms with Gasteiger partial charge >= 0.3 is 6.09 Å². The summed E-state index contributed by atoms with van der Waals surface area (Å²) in [6.07, 6.45) is 8.85. The first-order chi connectivity index (χ1) is 26.7. The van der Waals surface area contributed by atoms with Crippen LogP contribution in [0.5, 0.6) is 0 Å². The van der Waals surface area contributed by atoms with E-state index >= 15 is 0 Å². The first-order valence-corrected chi connectivity index (χ1v) is 19.3. The van der Waals surface area contributed by atoms with E-state index in [4.69, 9.17) is 20.4 Å². The molecule has 1 aliphatic carbocycles. The number of nitrogens with two attached hydrogens (primary N) is 1. The molecule has 12 heteroatoms. The predicted molar refractivity (Wildman–Crippen MR) is 209 cm³/mol. The second kappa shape index (κ2) is 15.2. The number of rotatable bonds is 10. The molecule has 12 nitrogen and oxygen atoms in total. The molecular formula is C43H48N8O4. The largest absolute Gasteiger partial charge is 0.433 e. The standard InChI is InChI=1S/C43H48N8O4/c1-49(2)37(32-10-4-3-5-11-32)40(52)50-24-8-12-35(50)38-45-26-33(47-38)30-18-14-28(15-19-30)29-16-20-31(21-17-29)34-27-46-39(48-34)36-13-9-25-51(36)41(53)43(55-42(44)54)22-6-7-23-43/h3-5,10-11,14-21,26-27,35-37H,6-9,12-13,22-25H2,1-2H3,(H2,44,54)(H,45,47)(H,46,48)/t35-,36-,37+/m0/s1. The Kier molecular flexibility index (Phi) is 10.00. The van der Waals surface area contributed by atoms with Crippen molar-refractivity contribution in [1.82, 2.24) is 34.6 Å². The number of amides is 3. The molecule has 2 saturated heterocycles. The topological polar surface area (TPSA) is 154 Å². The zero-order valence-corrected chi connectivity index (χ0v) is 31.4. The number of nitrogens with one attached hydrogen (secondary N) is 2. The monoisotopic (exact) mass is 740 g/mol. The Bertz CT molecular complexity index is 2140. The lowest BCUT2D eigenvalue weighted by molar-refractivity contribution is -0.152. The number of aromatic amines is 2. The molecule has 3 atom stereocenters. The number of hydrogen-bond acceptors (Lipinski definition) is 7. The molecule has 8 rings (SSSR count). The summed E-state index contributed by atoms with van der Waals surface area (Å²) in [6.45, 7) is 1.30. The Morgan fingerprint density at radius 2 is 1.22 bits per heavy atom. The molecule has 0 radical (unpaired) electrons. The van der Waals surface area contributed by atoms with Gasteiger partial charge in [0.05, 0.1) is 35.9 Å². The summed E-state index contributed by atoms with van der Waals surface area (Å²) in [5, 5.41) is 0. The van der Waals surface area contributed by atoms with Crippen LogP contribution in [0.2, 0.25) is 0 Å². The van der Waals surface area contributed by atoms with Gasteiger partial charge in [0.25, 0.3) is 5.91 Å². The third-order valence-electron chi connectivity index (χ3n) is 11.6. The average molecular weight is 741 g/mol. The van der Waals surface area contributed by atoms with Crippen LogP contribution in [0.4, 0.5) is 4.79 Å². The van der Waals surface area contributed by atoms with E-state index in [1.165, 1.54) is 0 Å². The highest BCUT2D eigenvalue weighted by Crippen LogP contribution is 2.41. The van der Waals surface area contributed by atoms with Crippen molar-refractivity contribution in [1.29, 1.82) is 0 Å². The van der Waals surface area contributed by atoms with E-state index in [-0.39, 0.29) is 29.9 Å². The number of carbonyl (C=O) groups excluding carboxylic acids is 3. The Hall–Kier alpha value is -5.75. The van der Waals surface area contributed by atoms with Crippen LogP contribution in [0.1, 0.15) is 86.7 Å². The van der Waals surface area contributed by atoms with Gasteiger partial charge in [-0.25, -0.2) is 14.8 Å². The number of aromatic nitrogens is 4. The third-order valence-corrected chi connectivity index (χ3v) is 11.6. The molecule has 4 heterocycles. The number of ether oxygens (including phenoxy) is 1. The van der Waals surface area contributed by atoms with E-state index in [0.29, 0.717) is 25.9 Å². The number of carbonyl (C=O) groups is 3. The minimum atomic E-state index is -1.17. The van der Waals surface area contributed by atoms with Gasteiger partial charge in [0, 0.05) is 13.1 Å². The highest BCUT2D eigenvalue weighted by Gasteiger charge is 2.49. The maximum absolute atomic E-state index is 13.9. The fourth-order valence-electron chi connectivity index (χ4n) is 8.81. The zero-order valence-electron chi connectivity index (χ0n) is 31.4. The second-order valence-corrected chi connectivity index (χ2v) is 15.3. The van der Waals surface area contributed by atoms with Gasteiger partial charge in [0.1, 0.15) is 17.7 Å². The van der Waals surface area contributed by atoms with E-state index in [1.807, 2.05) is 71.5 Å². The van der Waals surface area contributed by atoms with Crippen LogP contribution in [-0.2, 0) is 14.3 Å². The van der Waals surface area contributed by atoms with Gasteiger partial charge in [-0.2, -0.15) is 0 Å². The SMILES string of the molecule is CN(C)[C@@H](C(=O)N1CCC[C@H]1c1ncc(-c2ccc(-c3ccc(-c4cnc([C@@H]5CCCN5C(=O)C5(OC(N)=O)CCCC5)[nH]4)cc3)cc2)[nH]1)c1ccccc1.